The number of esters is 1. The van der Waals surface area contributed by atoms with Crippen LogP contribution >= 0.6 is 0 Å². The first-order chi connectivity index (χ1) is 17.1. The quantitative estimate of drug-likeness (QED) is 0.180. The van der Waals surface area contributed by atoms with Crippen LogP contribution in [0.1, 0.15) is 37.7 Å². The fourth-order valence-electron chi connectivity index (χ4n) is 3.68. The van der Waals surface area contributed by atoms with E-state index in [9.17, 15) is 9.90 Å². The average molecular weight is 470 g/mol. The lowest BCUT2D eigenvalue weighted by Gasteiger charge is -2.10. The molecule has 0 fully saturated rings. The van der Waals surface area contributed by atoms with Gasteiger partial charge in [-0.05, 0) is 59.4 Å². The number of unbranched alkanes of at least 4 members (excludes halogenated alkanes) is 3. The van der Waals surface area contributed by atoms with Gasteiger partial charge in [-0.2, -0.15) is 5.26 Å². The van der Waals surface area contributed by atoms with Crippen molar-refractivity contribution in [1.29, 1.82) is 5.26 Å². The molecule has 0 bridgehead atoms. The van der Waals surface area contributed by atoms with Crippen LogP contribution in [0.4, 0.5) is 0 Å². The molecule has 180 valence electrons. The van der Waals surface area contributed by atoms with Gasteiger partial charge in [-0.15, -0.1) is 0 Å². The molecule has 0 amide bonds. The fraction of sp³-hybridized carbons (Fsp3) is 0.267. The summed E-state index contributed by atoms with van der Waals surface area (Å²) in [5.41, 5.74) is 5.12. The third kappa shape index (κ3) is 8.44. The molecular weight excluding hydrogens is 438 g/mol. The highest BCUT2D eigenvalue weighted by Gasteiger charge is 2.06. The Morgan fingerprint density at radius 1 is 0.857 bits per heavy atom. The van der Waals surface area contributed by atoms with Gasteiger partial charge in [0, 0.05) is 6.08 Å². The summed E-state index contributed by atoms with van der Waals surface area (Å²) in [5, 5.41) is 18.7. The zero-order valence-electron chi connectivity index (χ0n) is 19.9. The molecule has 5 heteroatoms. The maximum absolute atomic E-state index is 11.0. The molecule has 5 nitrogen and oxygen atoms in total. The van der Waals surface area contributed by atoms with Crippen molar-refractivity contribution in [2.24, 2.45) is 0 Å². The molecule has 0 aliphatic heterocycles. The Morgan fingerprint density at radius 3 is 1.91 bits per heavy atom. The van der Waals surface area contributed by atoms with Gasteiger partial charge in [0.25, 0.3) is 0 Å². The molecule has 0 saturated heterocycles. The Bertz CT molecular complexity index is 1110. The maximum atomic E-state index is 11.0. The van der Waals surface area contributed by atoms with Crippen molar-refractivity contribution in [1.82, 2.24) is 0 Å². The van der Waals surface area contributed by atoms with E-state index in [1.54, 1.807) is 0 Å². The monoisotopic (exact) mass is 469 g/mol. The van der Waals surface area contributed by atoms with Crippen LogP contribution in [0.2, 0.25) is 0 Å². The van der Waals surface area contributed by atoms with Gasteiger partial charge in [0.2, 0.25) is 0 Å². The van der Waals surface area contributed by atoms with E-state index < -0.39 is 12.1 Å². The van der Waals surface area contributed by atoms with Crippen LogP contribution in [0.25, 0.3) is 22.3 Å². The highest BCUT2D eigenvalue weighted by Crippen LogP contribution is 2.26. The summed E-state index contributed by atoms with van der Waals surface area (Å²) in [4.78, 5) is 11.0. The summed E-state index contributed by atoms with van der Waals surface area (Å²) in [7, 11) is 0. The molecule has 0 aromatic heterocycles. The van der Waals surface area contributed by atoms with Crippen LogP contribution in [0.5, 0.6) is 5.75 Å². The standard InChI is InChI=1S/C30H31NO4/c1-2-30(33)35-22-28(32)7-5-3-4-6-20-34-29-18-16-27(17-19-29)26-14-12-25(13-15-26)24-10-8-23(21-31)9-11-24/h2,8-19,28,32H,1,3-7,20,22H2. The third-order valence-corrected chi connectivity index (χ3v) is 5.70. The van der Waals surface area contributed by atoms with E-state index in [0.29, 0.717) is 18.6 Å². The average Bonchev–Trinajstić information content (AvgIpc) is 2.91. The molecular formula is C30H31NO4. The molecule has 1 atom stereocenters. The number of aliphatic hydroxyl groups is 1. The number of aliphatic hydroxyl groups excluding tert-OH is 1. The van der Waals surface area contributed by atoms with Gasteiger partial charge in [-0.3, -0.25) is 0 Å². The molecule has 3 aromatic carbocycles. The van der Waals surface area contributed by atoms with Crippen molar-refractivity contribution in [3.05, 3.63) is 91.0 Å². The summed E-state index contributed by atoms with van der Waals surface area (Å²) in [6.45, 7) is 3.99. The smallest absolute Gasteiger partial charge is 0.330 e. The number of nitrogens with zero attached hydrogens (tertiary/aromatic N) is 1. The largest absolute Gasteiger partial charge is 0.494 e. The van der Waals surface area contributed by atoms with E-state index in [1.807, 2.05) is 36.4 Å². The van der Waals surface area contributed by atoms with Crippen molar-refractivity contribution >= 4 is 5.97 Å². The van der Waals surface area contributed by atoms with Gasteiger partial charge in [0.1, 0.15) is 12.4 Å². The van der Waals surface area contributed by atoms with Gasteiger partial charge in [0.05, 0.1) is 24.3 Å². The Labute approximate surface area is 207 Å². The Morgan fingerprint density at radius 2 is 1.37 bits per heavy atom. The van der Waals surface area contributed by atoms with E-state index in [4.69, 9.17) is 14.7 Å². The number of hydrogen-bond acceptors (Lipinski definition) is 5. The number of rotatable bonds is 13. The van der Waals surface area contributed by atoms with Crippen LogP contribution in [0, 0.1) is 11.3 Å². The molecule has 0 aliphatic rings. The molecule has 0 heterocycles. The third-order valence-electron chi connectivity index (χ3n) is 5.70. The van der Waals surface area contributed by atoms with E-state index in [0.717, 1.165) is 59.8 Å². The highest BCUT2D eigenvalue weighted by atomic mass is 16.5. The van der Waals surface area contributed by atoms with Gasteiger partial charge in [-0.1, -0.05) is 74.4 Å². The van der Waals surface area contributed by atoms with E-state index in [-0.39, 0.29) is 6.61 Å². The molecule has 1 unspecified atom stereocenters. The molecule has 0 spiro atoms. The van der Waals surface area contributed by atoms with Crippen molar-refractivity contribution in [3.8, 4) is 34.1 Å². The van der Waals surface area contributed by atoms with Gasteiger partial charge < -0.3 is 14.6 Å². The fourth-order valence-corrected chi connectivity index (χ4v) is 3.68. The topological polar surface area (TPSA) is 79.6 Å². The summed E-state index contributed by atoms with van der Waals surface area (Å²) < 4.78 is 10.7. The molecule has 35 heavy (non-hydrogen) atoms. The van der Waals surface area contributed by atoms with E-state index >= 15 is 0 Å². The molecule has 3 rings (SSSR count). The Hall–Kier alpha value is -3.88. The summed E-state index contributed by atoms with van der Waals surface area (Å²) in [5.74, 6) is 0.342. The van der Waals surface area contributed by atoms with E-state index in [2.05, 4.69) is 49.0 Å². The molecule has 0 saturated carbocycles. The minimum absolute atomic E-state index is 0.0191. The number of carbonyl (C=O) groups excluding carboxylic acids is 1. The van der Waals surface area contributed by atoms with Gasteiger partial charge in [0.15, 0.2) is 0 Å². The molecule has 0 radical (unpaired) electrons. The van der Waals surface area contributed by atoms with Crippen LogP contribution in [-0.2, 0) is 9.53 Å². The normalized spacial score (nSPS) is 11.3. The second-order valence-corrected chi connectivity index (χ2v) is 8.33. The SMILES string of the molecule is C=CC(=O)OCC(O)CCCCCCOc1ccc(-c2ccc(-c3ccc(C#N)cc3)cc2)cc1. The van der Waals surface area contributed by atoms with Crippen molar-refractivity contribution < 1.29 is 19.4 Å². The number of ether oxygens (including phenoxy) is 2. The molecule has 3 aromatic rings. The minimum atomic E-state index is -0.624. The second-order valence-electron chi connectivity index (χ2n) is 8.33. The summed E-state index contributed by atoms with van der Waals surface area (Å²) in [6.07, 6.45) is 4.92. The lowest BCUT2D eigenvalue weighted by molar-refractivity contribution is -0.140. The van der Waals surface area contributed by atoms with Crippen molar-refractivity contribution in [3.63, 3.8) is 0 Å². The van der Waals surface area contributed by atoms with Crippen LogP contribution in [0.3, 0.4) is 0 Å². The predicted octanol–water partition coefficient (Wildman–Crippen LogP) is 6.31. The summed E-state index contributed by atoms with van der Waals surface area (Å²) >= 11 is 0. The van der Waals surface area contributed by atoms with Gasteiger partial charge in [-0.25, -0.2) is 4.79 Å². The lowest BCUT2D eigenvalue weighted by atomic mass is 10.00. The highest BCUT2D eigenvalue weighted by molar-refractivity contribution is 5.81. The molecule has 1 N–H and O–H groups in total. The van der Waals surface area contributed by atoms with Crippen LogP contribution in [0.15, 0.2) is 85.5 Å². The summed E-state index contributed by atoms with van der Waals surface area (Å²) in [6, 6.07) is 26.2. The maximum Gasteiger partial charge on any atom is 0.330 e. The number of carbonyl (C=O) groups is 1. The van der Waals surface area contributed by atoms with Crippen molar-refractivity contribution in [2.75, 3.05) is 13.2 Å². The second kappa shape index (κ2) is 13.7. The van der Waals surface area contributed by atoms with Crippen LogP contribution in [-0.4, -0.2) is 30.4 Å². The Balaban J connectivity index is 1.36. The first-order valence-corrected chi connectivity index (χ1v) is 11.9. The Kier molecular flexibility index (Phi) is 10.1. The number of nitriles is 1. The van der Waals surface area contributed by atoms with Crippen LogP contribution < -0.4 is 4.74 Å². The number of benzene rings is 3. The molecule has 0 aliphatic carbocycles. The number of hydrogen-bond donors (Lipinski definition) is 1. The first-order valence-electron chi connectivity index (χ1n) is 11.9. The minimum Gasteiger partial charge on any atom is -0.494 e. The van der Waals surface area contributed by atoms with Crippen molar-refractivity contribution in [2.45, 2.75) is 38.2 Å². The van der Waals surface area contributed by atoms with E-state index in [1.165, 1.54) is 0 Å². The first kappa shape index (κ1) is 25.7. The van der Waals surface area contributed by atoms with Gasteiger partial charge >= 0.3 is 5.97 Å². The zero-order chi connectivity index (χ0) is 24.9. The lowest BCUT2D eigenvalue weighted by Crippen LogP contribution is -2.17. The zero-order valence-corrected chi connectivity index (χ0v) is 19.9. The predicted molar refractivity (Wildman–Crippen MR) is 138 cm³/mol.